The first kappa shape index (κ1) is 16.4. The Balaban J connectivity index is 1.70. The molecule has 0 saturated carbocycles. The summed E-state index contributed by atoms with van der Waals surface area (Å²) in [5.74, 6) is -0.905. The number of carboxylic acids is 1. The number of hydrogen-bond donors (Lipinski definition) is 3. The van der Waals surface area contributed by atoms with Crippen LogP contribution in [0.25, 0.3) is 22.0 Å². The summed E-state index contributed by atoms with van der Waals surface area (Å²) in [5, 5.41) is 17.8. The van der Waals surface area contributed by atoms with Crippen LogP contribution in [-0.2, 0) is 6.42 Å². The second-order valence-corrected chi connectivity index (χ2v) is 6.74. The van der Waals surface area contributed by atoms with E-state index in [-0.39, 0.29) is 0 Å². The third-order valence-electron chi connectivity index (χ3n) is 4.50. The van der Waals surface area contributed by atoms with Crippen molar-refractivity contribution >= 4 is 28.5 Å². The van der Waals surface area contributed by atoms with E-state index in [9.17, 15) is 9.90 Å². The average molecular weight is 366 g/mol. The van der Waals surface area contributed by atoms with Gasteiger partial charge in [0.05, 0.1) is 16.8 Å². The van der Waals surface area contributed by atoms with Gasteiger partial charge in [-0.05, 0) is 42.3 Å². The summed E-state index contributed by atoms with van der Waals surface area (Å²) >= 11 is 6.41. The molecule has 2 heterocycles. The zero-order valence-corrected chi connectivity index (χ0v) is 14.8. The van der Waals surface area contributed by atoms with Crippen molar-refractivity contribution in [2.45, 2.75) is 13.3 Å². The largest absolute Gasteiger partial charge is 0.478 e. The quantitative estimate of drug-likeness (QED) is 0.485. The van der Waals surface area contributed by atoms with Gasteiger partial charge in [0.2, 0.25) is 0 Å². The second-order valence-electron chi connectivity index (χ2n) is 6.33. The normalized spacial score (nSPS) is 11.2. The van der Waals surface area contributed by atoms with Gasteiger partial charge in [-0.1, -0.05) is 23.7 Å². The number of carboxylic acid groups (broad SMARTS) is 1. The summed E-state index contributed by atoms with van der Waals surface area (Å²) < 4.78 is 0. The molecule has 0 unspecified atom stereocenters. The fourth-order valence-electron chi connectivity index (χ4n) is 3.16. The minimum atomic E-state index is -0.905. The molecule has 0 aliphatic carbocycles. The van der Waals surface area contributed by atoms with Crippen LogP contribution in [0.2, 0.25) is 5.02 Å². The molecule has 0 saturated heterocycles. The van der Waals surface area contributed by atoms with Crippen LogP contribution in [-0.4, -0.2) is 26.3 Å². The summed E-state index contributed by atoms with van der Waals surface area (Å²) in [6, 6.07) is 11.5. The zero-order valence-electron chi connectivity index (χ0n) is 14.0. The fourth-order valence-corrected chi connectivity index (χ4v) is 3.43. The molecule has 2 aromatic heterocycles. The van der Waals surface area contributed by atoms with Gasteiger partial charge in [0, 0.05) is 40.3 Å². The van der Waals surface area contributed by atoms with Crippen LogP contribution < -0.4 is 0 Å². The second kappa shape index (κ2) is 6.35. The maximum Gasteiger partial charge on any atom is 0.335 e. The molecule has 0 aliphatic heterocycles. The predicted molar refractivity (Wildman–Crippen MR) is 102 cm³/mol. The van der Waals surface area contributed by atoms with E-state index in [0.29, 0.717) is 17.0 Å². The van der Waals surface area contributed by atoms with Crippen molar-refractivity contribution in [3.05, 3.63) is 76.2 Å². The van der Waals surface area contributed by atoms with Crippen molar-refractivity contribution in [2.24, 2.45) is 0 Å². The van der Waals surface area contributed by atoms with Gasteiger partial charge in [0.1, 0.15) is 0 Å². The molecule has 0 aliphatic rings. The average Bonchev–Trinajstić information content (AvgIpc) is 3.24. The maximum absolute atomic E-state index is 11.3. The zero-order chi connectivity index (χ0) is 18.3. The number of carbonyl (C=O) groups is 1. The van der Waals surface area contributed by atoms with Crippen LogP contribution in [0.4, 0.5) is 0 Å². The summed E-state index contributed by atoms with van der Waals surface area (Å²) in [7, 11) is 0. The highest BCUT2D eigenvalue weighted by Crippen LogP contribution is 2.32. The number of hydrogen-bond acceptors (Lipinski definition) is 2. The molecule has 4 rings (SSSR count). The number of aromatic amines is 2. The Kier molecular flexibility index (Phi) is 4.01. The van der Waals surface area contributed by atoms with Crippen LogP contribution in [0.15, 0.2) is 48.8 Å². The van der Waals surface area contributed by atoms with Gasteiger partial charge in [0.25, 0.3) is 0 Å². The fraction of sp³-hybridized carbons (Fsp3) is 0.100. The molecular weight excluding hydrogens is 350 g/mol. The van der Waals surface area contributed by atoms with Crippen LogP contribution in [0.3, 0.4) is 0 Å². The number of aromatic nitrogens is 3. The Morgan fingerprint density at radius 1 is 1.23 bits per heavy atom. The summed E-state index contributed by atoms with van der Waals surface area (Å²) in [5.41, 5.74) is 5.84. The van der Waals surface area contributed by atoms with Gasteiger partial charge >= 0.3 is 5.97 Å². The van der Waals surface area contributed by atoms with E-state index in [1.54, 1.807) is 25.4 Å². The monoisotopic (exact) mass is 365 g/mol. The van der Waals surface area contributed by atoms with Crippen LogP contribution in [0, 0.1) is 6.92 Å². The lowest BCUT2D eigenvalue weighted by Gasteiger charge is -2.04. The number of halogens is 1. The SMILES string of the molecule is Cc1ccc(Cc2cc3cc(-c4cn[nH]c4)c(Cl)cc3[nH]2)cc1C(=O)O. The van der Waals surface area contributed by atoms with Crippen molar-refractivity contribution in [1.29, 1.82) is 0 Å². The smallest absolute Gasteiger partial charge is 0.335 e. The van der Waals surface area contributed by atoms with E-state index in [2.05, 4.69) is 21.2 Å². The molecule has 3 N–H and O–H groups in total. The number of rotatable bonds is 4. The Hall–Kier alpha value is -3.05. The standard InChI is InChI=1S/C20H16ClN3O2/c1-11-2-3-12(5-16(11)20(25)26)4-15-6-13-7-17(14-9-22-23-10-14)18(21)8-19(13)24-15/h2-3,5-10,24H,4H2,1H3,(H,22,23)(H,25,26). The summed E-state index contributed by atoms with van der Waals surface area (Å²) in [6.07, 6.45) is 4.16. The molecule has 0 amide bonds. The number of aromatic carboxylic acids is 1. The molecule has 0 fully saturated rings. The van der Waals surface area contributed by atoms with Crippen LogP contribution in [0.1, 0.15) is 27.2 Å². The first-order valence-corrected chi connectivity index (χ1v) is 8.52. The van der Waals surface area contributed by atoms with E-state index in [1.165, 1.54) is 0 Å². The number of benzene rings is 2. The van der Waals surface area contributed by atoms with Gasteiger partial charge in [0.15, 0.2) is 0 Å². The van der Waals surface area contributed by atoms with E-state index >= 15 is 0 Å². The topological polar surface area (TPSA) is 81.8 Å². The van der Waals surface area contributed by atoms with Crippen molar-refractivity contribution in [1.82, 2.24) is 15.2 Å². The minimum Gasteiger partial charge on any atom is -0.478 e. The number of nitrogens with zero attached hydrogens (tertiary/aromatic N) is 1. The molecular formula is C20H16ClN3O2. The number of fused-ring (bicyclic) bond motifs is 1. The van der Waals surface area contributed by atoms with Gasteiger partial charge < -0.3 is 10.1 Å². The molecule has 0 radical (unpaired) electrons. The van der Waals surface area contributed by atoms with Gasteiger partial charge in [-0.2, -0.15) is 5.10 Å². The van der Waals surface area contributed by atoms with E-state index in [4.69, 9.17) is 11.6 Å². The summed E-state index contributed by atoms with van der Waals surface area (Å²) in [4.78, 5) is 14.7. The summed E-state index contributed by atoms with van der Waals surface area (Å²) in [6.45, 7) is 1.80. The van der Waals surface area contributed by atoms with Gasteiger partial charge in [-0.25, -0.2) is 4.79 Å². The molecule has 5 nitrogen and oxygen atoms in total. The molecule has 0 atom stereocenters. The lowest BCUT2D eigenvalue weighted by molar-refractivity contribution is 0.0696. The van der Waals surface area contributed by atoms with Gasteiger partial charge in [-0.3, -0.25) is 5.10 Å². The molecule has 2 aromatic carbocycles. The predicted octanol–water partition coefficient (Wildman–Crippen LogP) is 4.81. The molecule has 0 spiro atoms. The third-order valence-corrected chi connectivity index (χ3v) is 4.81. The molecule has 26 heavy (non-hydrogen) atoms. The third kappa shape index (κ3) is 2.97. The lowest BCUT2D eigenvalue weighted by atomic mass is 10.0. The minimum absolute atomic E-state index is 0.337. The van der Waals surface area contributed by atoms with Crippen molar-refractivity contribution in [3.8, 4) is 11.1 Å². The van der Waals surface area contributed by atoms with Gasteiger partial charge in [-0.15, -0.1) is 0 Å². The van der Waals surface area contributed by atoms with Crippen LogP contribution >= 0.6 is 11.6 Å². The number of H-pyrrole nitrogens is 2. The molecule has 6 heteroatoms. The van der Waals surface area contributed by atoms with E-state index < -0.39 is 5.97 Å². The highest BCUT2D eigenvalue weighted by Gasteiger charge is 2.11. The molecule has 0 bridgehead atoms. The van der Waals surface area contributed by atoms with Crippen molar-refractivity contribution in [3.63, 3.8) is 0 Å². The Labute approximate surface area is 154 Å². The Bertz CT molecular complexity index is 1110. The highest BCUT2D eigenvalue weighted by atomic mass is 35.5. The van der Waals surface area contributed by atoms with Crippen molar-refractivity contribution in [2.75, 3.05) is 0 Å². The first-order chi connectivity index (χ1) is 12.5. The Morgan fingerprint density at radius 2 is 2.08 bits per heavy atom. The highest BCUT2D eigenvalue weighted by molar-refractivity contribution is 6.34. The van der Waals surface area contributed by atoms with E-state index in [0.717, 1.165) is 38.9 Å². The Morgan fingerprint density at radius 3 is 2.81 bits per heavy atom. The molecule has 4 aromatic rings. The number of nitrogens with one attached hydrogen (secondary N) is 2. The van der Waals surface area contributed by atoms with E-state index in [1.807, 2.05) is 24.3 Å². The first-order valence-electron chi connectivity index (χ1n) is 8.14. The lowest BCUT2D eigenvalue weighted by Crippen LogP contribution is -2.01. The number of aryl methyl sites for hydroxylation is 1. The van der Waals surface area contributed by atoms with Crippen molar-refractivity contribution < 1.29 is 9.90 Å². The molecule has 130 valence electrons. The van der Waals surface area contributed by atoms with Crippen LogP contribution in [0.5, 0.6) is 0 Å². The maximum atomic E-state index is 11.3.